The molecule has 0 spiro atoms. The van der Waals surface area contributed by atoms with E-state index in [1.54, 1.807) is 12.1 Å². The monoisotopic (exact) mass is 416 g/mol. The third kappa shape index (κ3) is 4.78. The molecule has 1 aromatic heterocycles. The van der Waals surface area contributed by atoms with Gasteiger partial charge in [0, 0.05) is 29.8 Å². The van der Waals surface area contributed by atoms with E-state index in [9.17, 15) is 9.90 Å². The molecule has 30 heavy (non-hydrogen) atoms. The van der Waals surface area contributed by atoms with Crippen molar-refractivity contribution in [2.24, 2.45) is 0 Å². The number of aryl methyl sites for hydroxylation is 2. The molecule has 5 heteroatoms. The van der Waals surface area contributed by atoms with Crippen LogP contribution in [0.4, 0.5) is 0 Å². The Hall–Kier alpha value is -3.37. The van der Waals surface area contributed by atoms with Crippen molar-refractivity contribution in [1.29, 1.82) is 0 Å². The van der Waals surface area contributed by atoms with E-state index in [2.05, 4.69) is 16.0 Å². The summed E-state index contributed by atoms with van der Waals surface area (Å²) in [5.41, 5.74) is 5.34. The minimum atomic E-state index is -0.916. The minimum Gasteiger partial charge on any atom is -0.478 e. The molecular formula is C25H21ClN2O2. The number of carboxylic acids is 1. The number of carboxylic acid groups (broad SMARTS) is 1. The van der Waals surface area contributed by atoms with Gasteiger partial charge in [0.1, 0.15) is 5.82 Å². The first-order chi connectivity index (χ1) is 14.6. The lowest BCUT2D eigenvalue weighted by Gasteiger charge is -2.07. The first-order valence-electron chi connectivity index (χ1n) is 9.77. The molecule has 0 fully saturated rings. The Kier molecular flexibility index (Phi) is 5.96. The average Bonchev–Trinajstić information content (AvgIpc) is 3.20. The van der Waals surface area contributed by atoms with E-state index in [0.29, 0.717) is 5.56 Å². The zero-order valence-corrected chi connectivity index (χ0v) is 17.1. The van der Waals surface area contributed by atoms with Gasteiger partial charge in [-0.1, -0.05) is 66.2 Å². The van der Waals surface area contributed by atoms with Gasteiger partial charge in [-0.3, -0.25) is 0 Å². The minimum absolute atomic E-state index is 0.313. The third-order valence-corrected chi connectivity index (χ3v) is 5.27. The maximum absolute atomic E-state index is 11.4. The van der Waals surface area contributed by atoms with Gasteiger partial charge >= 0.3 is 5.97 Å². The second-order valence-corrected chi connectivity index (χ2v) is 7.65. The SMILES string of the molecule is O=C(O)c1ccccc1-c1ccc(CCc2ncc(Cc3cccc(Cl)c3)[nH]2)cc1. The van der Waals surface area contributed by atoms with Crippen LogP contribution in [-0.4, -0.2) is 21.0 Å². The van der Waals surface area contributed by atoms with Crippen molar-refractivity contribution in [3.63, 3.8) is 0 Å². The number of rotatable bonds is 7. The van der Waals surface area contributed by atoms with Gasteiger partial charge in [-0.25, -0.2) is 9.78 Å². The first-order valence-corrected chi connectivity index (χ1v) is 10.1. The van der Waals surface area contributed by atoms with E-state index < -0.39 is 5.97 Å². The molecular weight excluding hydrogens is 396 g/mol. The molecule has 0 unspecified atom stereocenters. The van der Waals surface area contributed by atoms with Crippen molar-refractivity contribution in [3.8, 4) is 11.1 Å². The van der Waals surface area contributed by atoms with Crippen LogP contribution in [0, 0.1) is 0 Å². The molecule has 0 aliphatic heterocycles. The number of aromatic amines is 1. The van der Waals surface area contributed by atoms with Gasteiger partial charge in [-0.2, -0.15) is 0 Å². The van der Waals surface area contributed by atoms with E-state index in [1.165, 1.54) is 5.56 Å². The number of aromatic carboxylic acids is 1. The highest BCUT2D eigenvalue weighted by molar-refractivity contribution is 6.30. The summed E-state index contributed by atoms with van der Waals surface area (Å²) >= 11 is 6.05. The Morgan fingerprint density at radius 3 is 2.50 bits per heavy atom. The molecule has 4 nitrogen and oxygen atoms in total. The van der Waals surface area contributed by atoms with Gasteiger partial charge in [0.15, 0.2) is 0 Å². The van der Waals surface area contributed by atoms with Crippen LogP contribution in [0.1, 0.15) is 33.0 Å². The Labute approximate surface area is 180 Å². The van der Waals surface area contributed by atoms with E-state index in [4.69, 9.17) is 11.6 Å². The summed E-state index contributed by atoms with van der Waals surface area (Å²) in [6, 6.07) is 22.9. The molecule has 1 heterocycles. The summed E-state index contributed by atoms with van der Waals surface area (Å²) in [5, 5.41) is 10.1. The Morgan fingerprint density at radius 1 is 0.933 bits per heavy atom. The van der Waals surface area contributed by atoms with Crippen LogP contribution in [0.2, 0.25) is 5.02 Å². The van der Waals surface area contributed by atoms with Crippen LogP contribution in [0.25, 0.3) is 11.1 Å². The molecule has 4 rings (SSSR count). The maximum atomic E-state index is 11.4. The summed E-state index contributed by atoms with van der Waals surface area (Å²) in [6.07, 6.45) is 4.30. The van der Waals surface area contributed by atoms with Crippen molar-refractivity contribution in [2.45, 2.75) is 19.3 Å². The molecule has 0 aliphatic rings. The molecule has 0 aliphatic carbocycles. The molecule has 0 saturated carbocycles. The second kappa shape index (κ2) is 8.97. The molecule has 4 aromatic rings. The molecule has 3 aromatic carbocycles. The zero-order valence-electron chi connectivity index (χ0n) is 16.3. The van der Waals surface area contributed by atoms with Crippen molar-refractivity contribution in [3.05, 3.63) is 112 Å². The maximum Gasteiger partial charge on any atom is 0.336 e. The van der Waals surface area contributed by atoms with Crippen molar-refractivity contribution in [1.82, 2.24) is 9.97 Å². The van der Waals surface area contributed by atoms with E-state index in [0.717, 1.165) is 52.5 Å². The van der Waals surface area contributed by atoms with E-state index in [-0.39, 0.29) is 0 Å². The highest BCUT2D eigenvalue weighted by atomic mass is 35.5. The normalized spacial score (nSPS) is 10.8. The van der Waals surface area contributed by atoms with Crippen LogP contribution in [0.15, 0.2) is 79.0 Å². The summed E-state index contributed by atoms with van der Waals surface area (Å²) in [7, 11) is 0. The summed E-state index contributed by atoms with van der Waals surface area (Å²) in [6.45, 7) is 0. The number of halogens is 1. The van der Waals surface area contributed by atoms with E-state index >= 15 is 0 Å². The standard InChI is InChI=1S/C25H21ClN2O2/c26-20-5-3-4-18(14-20)15-21-16-27-24(28-21)13-10-17-8-11-19(12-9-17)22-6-1-2-7-23(22)25(29)30/h1-9,11-12,14,16H,10,13,15H2,(H,27,28)(H,29,30). The number of H-pyrrole nitrogens is 1. The number of carbonyl (C=O) groups is 1. The third-order valence-electron chi connectivity index (χ3n) is 5.04. The molecule has 0 saturated heterocycles. The first kappa shape index (κ1) is 19.9. The number of hydrogen-bond acceptors (Lipinski definition) is 2. The number of benzene rings is 3. The van der Waals surface area contributed by atoms with Crippen LogP contribution < -0.4 is 0 Å². The topological polar surface area (TPSA) is 66.0 Å². The van der Waals surface area contributed by atoms with E-state index in [1.807, 2.05) is 60.8 Å². The Bertz CT molecular complexity index is 1170. The van der Waals surface area contributed by atoms with Gasteiger partial charge in [0.05, 0.1) is 5.56 Å². The van der Waals surface area contributed by atoms with Crippen LogP contribution in [-0.2, 0) is 19.3 Å². The highest BCUT2D eigenvalue weighted by Gasteiger charge is 2.10. The fourth-order valence-corrected chi connectivity index (χ4v) is 3.74. The van der Waals surface area contributed by atoms with Gasteiger partial charge in [0.25, 0.3) is 0 Å². The fraction of sp³-hybridized carbons (Fsp3) is 0.120. The lowest BCUT2D eigenvalue weighted by Crippen LogP contribution is -1.99. The van der Waals surface area contributed by atoms with Gasteiger partial charge < -0.3 is 10.1 Å². The smallest absolute Gasteiger partial charge is 0.336 e. The molecule has 150 valence electrons. The molecule has 0 radical (unpaired) electrons. The summed E-state index contributed by atoms with van der Waals surface area (Å²) < 4.78 is 0. The lowest BCUT2D eigenvalue weighted by atomic mass is 9.98. The van der Waals surface area contributed by atoms with Gasteiger partial charge in [-0.15, -0.1) is 0 Å². The van der Waals surface area contributed by atoms with Gasteiger partial charge in [0.2, 0.25) is 0 Å². The van der Waals surface area contributed by atoms with Crippen molar-refractivity contribution in [2.75, 3.05) is 0 Å². The predicted molar refractivity (Wildman–Crippen MR) is 119 cm³/mol. The number of nitrogens with zero attached hydrogens (tertiary/aromatic N) is 1. The molecule has 0 amide bonds. The fourth-order valence-electron chi connectivity index (χ4n) is 3.52. The number of hydrogen-bond donors (Lipinski definition) is 2. The molecule has 0 bridgehead atoms. The number of nitrogens with one attached hydrogen (secondary N) is 1. The van der Waals surface area contributed by atoms with Crippen LogP contribution in [0.3, 0.4) is 0 Å². The Balaban J connectivity index is 1.39. The second-order valence-electron chi connectivity index (χ2n) is 7.21. The quantitative estimate of drug-likeness (QED) is 0.400. The van der Waals surface area contributed by atoms with Gasteiger partial charge in [-0.05, 0) is 46.9 Å². The summed E-state index contributed by atoms with van der Waals surface area (Å²) in [5.74, 6) is 0.0356. The average molecular weight is 417 g/mol. The summed E-state index contributed by atoms with van der Waals surface area (Å²) in [4.78, 5) is 19.3. The van der Waals surface area contributed by atoms with Crippen molar-refractivity contribution < 1.29 is 9.90 Å². The van der Waals surface area contributed by atoms with Crippen molar-refractivity contribution >= 4 is 17.6 Å². The lowest BCUT2D eigenvalue weighted by molar-refractivity contribution is 0.0697. The number of imidazole rings is 1. The highest BCUT2D eigenvalue weighted by Crippen LogP contribution is 2.24. The van der Waals surface area contributed by atoms with Crippen LogP contribution >= 0.6 is 11.6 Å². The molecule has 0 atom stereocenters. The number of aromatic nitrogens is 2. The predicted octanol–water partition coefficient (Wildman–Crippen LogP) is 5.80. The van der Waals surface area contributed by atoms with Crippen LogP contribution in [0.5, 0.6) is 0 Å². The largest absolute Gasteiger partial charge is 0.478 e. The zero-order chi connectivity index (χ0) is 20.9. The molecule has 2 N–H and O–H groups in total. The Morgan fingerprint density at radius 2 is 1.73 bits per heavy atom.